The molecule has 1 N–H and O–H groups in total. The Morgan fingerprint density at radius 1 is 1.29 bits per heavy atom. The van der Waals surface area contributed by atoms with Gasteiger partial charge in [0.25, 0.3) is 5.91 Å². The molecule has 4 nitrogen and oxygen atoms in total. The minimum absolute atomic E-state index is 0.0146. The van der Waals surface area contributed by atoms with Gasteiger partial charge in [-0.05, 0) is 31.1 Å². The summed E-state index contributed by atoms with van der Waals surface area (Å²) in [4.78, 5) is 26.7. The van der Waals surface area contributed by atoms with Gasteiger partial charge in [-0.3, -0.25) is 9.59 Å². The molecule has 0 saturated carbocycles. The molecule has 2 fully saturated rings. The largest absolute Gasteiger partial charge is 0.339 e. The van der Waals surface area contributed by atoms with Crippen molar-refractivity contribution in [1.29, 1.82) is 0 Å². The van der Waals surface area contributed by atoms with Crippen LogP contribution in [0.3, 0.4) is 0 Å². The van der Waals surface area contributed by atoms with Crippen LogP contribution < -0.4 is 5.32 Å². The van der Waals surface area contributed by atoms with Crippen LogP contribution >= 0.6 is 11.8 Å². The van der Waals surface area contributed by atoms with Crippen LogP contribution in [0.25, 0.3) is 0 Å². The molecular formula is C16H20N2O2S. The van der Waals surface area contributed by atoms with Gasteiger partial charge in [0.2, 0.25) is 5.91 Å². The van der Waals surface area contributed by atoms with Crippen LogP contribution in [0, 0.1) is 0 Å². The number of hydrogen-bond donors (Lipinski definition) is 1. The third-order valence-corrected chi connectivity index (χ3v) is 5.60. The average Bonchev–Trinajstić information content (AvgIpc) is 3.01. The Labute approximate surface area is 129 Å². The van der Waals surface area contributed by atoms with E-state index in [-0.39, 0.29) is 17.9 Å². The van der Waals surface area contributed by atoms with Crippen LogP contribution in [0.2, 0.25) is 0 Å². The summed E-state index contributed by atoms with van der Waals surface area (Å²) in [5.41, 5.74) is 0.854. The van der Waals surface area contributed by atoms with Crippen molar-refractivity contribution in [2.45, 2.75) is 37.1 Å². The number of carbonyl (C=O) groups excluding carboxylic acids is 2. The highest BCUT2D eigenvalue weighted by molar-refractivity contribution is 8.00. The number of rotatable bonds is 3. The lowest BCUT2D eigenvalue weighted by Gasteiger charge is -2.38. The van der Waals surface area contributed by atoms with E-state index in [2.05, 4.69) is 5.32 Å². The molecule has 21 heavy (non-hydrogen) atoms. The normalized spacial score (nSPS) is 29.6. The van der Waals surface area contributed by atoms with Crippen molar-refractivity contribution in [2.24, 2.45) is 0 Å². The number of amides is 2. The lowest BCUT2D eigenvalue weighted by Crippen LogP contribution is -2.59. The third-order valence-electron chi connectivity index (χ3n) is 4.22. The van der Waals surface area contributed by atoms with Gasteiger partial charge in [0.15, 0.2) is 0 Å². The van der Waals surface area contributed by atoms with E-state index in [4.69, 9.17) is 0 Å². The molecule has 2 aliphatic rings. The Bertz CT molecular complexity index is 528. The zero-order valence-electron chi connectivity index (χ0n) is 12.1. The van der Waals surface area contributed by atoms with Crippen LogP contribution in [-0.4, -0.2) is 40.3 Å². The predicted molar refractivity (Wildman–Crippen MR) is 84.0 cm³/mol. The van der Waals surface area contributed by atoms with Crippen molar-refractivity contribution in [2.75, 3.05) is 12.3 Å². The topological polar surface area (TPSA) is 49.4 Å². The standard InChI is InChI=1S/C16H20N2O2S/c1-11-15(19)17-14(12-6-3-2-4-7-12)16(20)18(11)10-13-8-5-9-21-13/h2-4,6-7,11,13-14H,5,8-10H2,1H3,(H,17,19). The van der Waals surface area contributed by atoms with E-state index < -0.39 is 6.04 Å². The van der Waals surface area contributed by atoms with Crippen molar-refractivity contribution in [1.82, 2.24) is 10.2 Å². The molecule has 0 spiro atoms. The van der Waals surface area contributed by atoms with Crippen molar-refractivity contribution < 1.29 is 9.59 Å². The van der Waals surface area contributed by atoms with E-state index in [0.29, 0.717) is 11.8 Å². The summed E-state index contributed by atoms with van der Waals surface area (Å²) < 4.78 is 0. The Morgan fingerprint density at radius 3 is 2.71 bits per heavy atom. The first-order chi connectivity index (χ1) is 10.2. The minimum atomic E-state index is -0.540. The highest BCUT2D eigenvalue weighted by atomic mass is 32.2. The van der Waals surface area contributed by atoms with E-state index in [9.17, 15) is 9.59 Å². The first-order valence-electron chi connectivity index (χ1n) is 7.44. The maximum atomic E-state index is 12.8. The zero-order valence-corrected chi connectivity index (χ0v) is 12.9. The van der Waals surface area contributed by atoms with Crippen molar-refractivity contribution in [3.63, 3.8) is 0 Å². The summed E-state index contributed by atoms with van der Waals surface area (Å²) in [7, 11) is 0. The fourth-order valence-electron chi connectivity index (χ4n) is 2.95. The van der Waals surface area contributed by atoms with Gasteiger partial charge in [-0.2, -0.15) is 11.8 Å². The Balaban J connectivity index is 1.81. The number of hydrogen-bond acceptors (Lipinski definition) is 3. The van der Waals surface area contributed by atoms with Gasteiger partial charge in [-0.15, -0.1) is 0 Å². The third kappa shape index (κ3) is 2.93. The molecule has 3 atom stereocenters. The number of benzene rings is 1. The number of thioether (sulfide) groups is 1. The summed E-state index contributed by atoms with van der Waals surface area (Å²) >= 11 is 1.91. The minimum Gasteiger partial charge on any atom is -0.339 e. The smallest absolute Gasteiger partial charge is 0.250 e. The second-order valence-corrected chi connectivity index (χ2v) is 7.06. The maximum Gasteiger partial charge on any atom is 0.250 e. The van der Waals surface area contributed by atoms with E-state index >= 15 is 0 Å². The number of nitrogens with zero attached hydrogens (tertiary/aromatic N) is 1. The molecule has 0 radical (unpaired) electrons. The molecule has 1 aromatic rings. The molecular weight excluding hydrogens is 284 g/mol. The monoisotopic (exact) mass is 304 g/mol. The fourth-order valence-corrected chi connectivity index (χ4v) is 4.22. The summed E-state index contributed by atoms with van der Waals surface area (Å²) in [6.45, 7) is 2.50. The van der Waals surface area contributed by atoms with Crippen LogP contribution in [0.1, 0.15) is 31.4 Å². The fraction of sp³-hybridized carbons (Fsp3) is 0.500. The summed E-state index contributed by atoms with van der Waals surface area (Å²) in [5.74, 6) is 1.11. The van der Waals surface area contributed by atoms with Crippen LogP contribution in [0.4, 0.5) is 0 Å². The molecule has 5 heteroatoms. The van der Waals surface area contributed by atoms with Gasteiger partial charge in [0, 0.05) is 11.8 Å². The lowest BCUT2D eigenvalue weighted by molar-refractivity contribution is -0.148. The van der Waals surface area contributed by atoms with E-state index in [0.717, 1.165) is 17.7 Å². The second kappa shape index (κ2) is 6.10. The molecule has 0 aliphatic carbocycles. The molecule has 2 aliphatic heterocycles. The second-order valence-electron chi connectivity index (χ2n) is 5.65. The van der Waals surface area contributed by atoms with Crippen molar-refractivity contribution >= 4 is 23.6 Å². The quantitative estimate of drug-likeness (QED) is 0.929. The van der Waals surface area contributed by atoms with Gasteiger partial charge < -0.3 is 10.2 Å². The van der Waals surface area contributed by atoms with Gasteiger partial charge >= 0.3 is 0 Å². The zero-order chi connectivity index (χ0) is 14.8. The lowest BCUT2D eigenvalue weighted by atomic mass is 10.0. The molecule has 0 aromatic heterocycles. The summed E-state index contributed by atoms with van der Waals surface area (Å²) in [6, 6.07) is 8.56. The first kappa shape index (κ1) is 14.4. The number of piperazine rings is 1. The SMILES string of the molecule is CC1C(=O)NC(c2ccccc2)C(=O)N1CC1CCCS1. The molecule has 3 unspecified atom stereocenters. The molecule has 112 valence electrons. The molecule has 0 bridgehead atoms. The predicted octanol–water partition coefficient (Wildman–Crippen LogP) is 1.97. The van der Waals surface area contributed by atoms with Crippen LogP contribution in [0.15, 0.2) is 30.3 Å². The molecule has 3 rings (SSSR count). The van der Waals surface area contributed by atoms with E-state index in [1.54, 1.807) is 4.90 Å². The van der Waals surface area contributed by atoms with Crippen molar-refractivity contribution in [3.05, 3.63) is 35.9 Å². The van der Waals surface area contributed by atoms with Crippen molar-refractivity contribution in [3.8, 4) is 0 Å². The van der Waals surface area contributed by atoms with Gasteiger partial charge in [0.1, 0.15) is 12.1 Å². The molecule has 1 aromatic carbocycles. The first-order valence-corrected chi connectivity index (χ1v) is 8.49. The molecule has 2 amide bonds. The highest BCUT2D eigenvalue weighted by Crippen LogP contribution is 2.29. The summed E-state index contributed by atoms with van der Waals surface area (Å²) in [5, 5.41) is 3.32. The Kier molecular flexibility index (Phi) is 4.19. The molecule has 2 heterocycles. The van der Waals surface area contributed by atoms with E-state index in [1.165, 1.54) is 6.42 Å². The van der Waals surface area contributed by atoms with Gasteiger partial charge in [-0.25, -0.2) is 0 Å². The number of nitrogens with one attached hydrogen (secondary N) is 1. The van der Waals surface area contributed by atoms with Gasteiger partial charge in [-0.1, -0.05) is 30.3 Å². The maximum absolute atomic E-state index is 12.8. The number of carbonyl (C=O) groups is 2. The molecule has 2 saturated heterocycles. The van der Waals surface area contributed by atoms with Gasteiger partial charge in [0.05, 0.1) is 0 Å². The Hall–Kier alpha value is -1.49. The average molecular weight is 304 g/mol. The highest BCUT2D eigenvalue weighted by Gasteiger charge is 2.39. The van der Waals surface area contributed by atoms with Crippen LogP contribution in [-0.2, 0) is 9.59 Å². The summed E-state index contributed by atoms with van der Waals surface area (Å²) in [6.07, 6.45) is 2.35. The van der Waals surface area contributed by atoms with E-state index in [1.807, 2.05) is 49.0 Å². The van der Waals surface area contributed by atoms with Crippen LogP contribution in [0.5, 0.6) is 0 Å². The Morgan fingerprint density at radius 2 is 2.05 bits per heavy atom.